The third kappa shape index (κ3) is 8.57. The standard InChI is InChI=1S/C44H47N3O5S2Si/c1-4-50-55(51-5-2,52-6-3)30-45-42(48)29-46-43(49)41(54-44(46)53)28-32-22-25-40-38(27-32)36-18-13-19-39(36)47(40)35-23-20-31(21-24-35)26-37(33-14-9-7-10-15-33)34-16-11-8-12-17-34/h7-12,14-17,20-28,36,39H,4-6,13,18-19,29-30H2,1-3H3,(H,45,48). The second-order valence-corrected chi connectivity index (χ2v) is 18.0. The summed E-state index contributed by atoms with van der Waals surface area (Å²) in [6, 6.07) is 36.9. The first-order valence-electron chi connectivity index (χ1n) is 19.1. The number of rotatable bonds is 15. The fourth-order valence-electron chi connectivity index (χ4n) is 7.90. The molecule has 1 saturated carbocycles. The van der Waals surface area contributed by atoms with Crippen LogP contribution in [0, 0.1) is 0 Å². The van der Waals surface area contributed by atoms with E-state index in [1.165, 1.54) is 56.7 Å². The van der Waals surface area contributed by atoms with Crippen LogP contribution in [0.15, 0.2) is 108 Å². The van der Waals surface area contributed by atoms with Crippen molar-refractivity contribution in [2.45, 2.75) is 52.0 Å². The molecular formula is C44H47N3O5S2Si. The van der Waals surface area contributed by atoms with E-state index in [1.54, 1.807) is 0 Å². The summed E-state index contributed by atoms with van der Waals surface area (Å²) in [6.07, 6.45) is 7.73. The monoisotopic (exact) mass is 789 g/mol. The summed E-state index contributed by atoms with van der Waals surface area (Å²) in [5.41, 5.74) is 9.38. The molecule has 2 heterocycles. The van der Waals surface area contributed by atoms with Gasteiger partial charge in [0.25, 0.3) is 5.91 Å². The van der Waals surface area contributed by atoms with Crippen molar-refractivity contribution in [3.8, 4) is 0 Å². The van der Waals surface area contributed by atoms with E-state index < -0.39 is 8.80 Å². The summed E-state index contributed by atoms with van der Waals surface area (Å²) in [4.78, 5) is 31.0. The highest BCUT2D eigenvalue weighted by molar-refractivity contribution is 8.26. The van der Waals surface area contributed by atoms with Crippen LogP contribution in [-0.4, -0.2) is 68.4 Å². The molecule has 2 amide bonds. The summed E-state index contributed by atoms with van der Waals surface area (Å²) in [5, 5.41) is 2.86. The number of hydrogen-bond acceptors (Lipinski definition) is 8. The lowest BCUT2D eigenvalue weighted by atomic mass is 9.95. The Kier molecular flexibility index (Phi) is 12.5. The van der Waals surface area contributed by atoms with Gasteiger partial charge in [0.2, 0.25) is 5.91 Å². The van der Waals surface area contributed by atoms with Gasteiger partial charge in [-0.15, -0.1) is 0 Å². The van der Waals surface area contributed by atoms with Gasteiger partial charge in [-0.05, 0) is 103 Å². The van der Waals surface area contributed by atoms with Crippen LogP contribution in [0.1, 0.15) is 73.8 Å². The lowest BCUT2D eigenvalue weighted by molar-refractivity contribution is -0.128. The average Bonchev–Trinajstić information content (AvgIpc) is 3.87. The van der Waals surface area contributed by atoms with E-state index in [-0.39, 0.29) is 24.5 Å². The van der Waals surface area contributed by atoms with Gasteiger partial charge in [-0.3, -0.25) is 14.5 Å². The number of nitrogens with zero attached hydrogens (tertiary/aromatic N) is 2. The molecule has 2 unspecified atom stereocenters. The van der Waals surface area contributed by atoms with E-state index in [4.69, 9.17) is 25.5 Å². The average molecular weight is 790 g/mol. The minimum atomic E-state index is -3.08. The van der Waals surface area contributed by atoms with Crippen LogP contribution in [0.2, 0.25) is 0 Å². The van der Waals surface area contributed by atoms with Gasteiger partial charge >= 0.3 is 8.80 Å². The largest absolute Gasteiger partial charge is 0.521 e. The Morgan fingerprint density at radius 3 is 2.09 bits per heavy atom. The molecule has 1 aliphatic carbocycles. The third-order valence-electron chi connectivity index (χ3n) is 10.2. The Morgan fingerprint density at radius 1 is 0.855 bits per heavy atom. The highest BCUT2D eigenvalue weighted by Crippen LogP contribution is 2.52. The number of nitrogens with one attached hydrogen (secondary N) is 1. The minimum Gasteiger partial charge on any atom is -0.373 e. The Labute approximate surface area is 334 Å². The number of hydrogen-bond donors (Lipinski definition) is 1. The van der Waals surface area contributed by atoms with E-state index in [0.29, 0.717) is 41.0 Å². The Morgan fingerprint density at radius 2 is 1.47 bits per heavy atom. The van der Waals surface area contributed by atoms with Gasteiger partial charge < -0.3 is 23.5 Å². The van der Waals surface area contributed by atoms with E-state index >= 15 is 0 Å². The number of fused-ring (bicyclic) bond motifs is 3. The van der Waals surface area contributed by atoms with Crippen LogP contribution in [-0.2, 0) is 22.9 Å². The SMILES string of the molecule is CCO[Si](CNC(=O)CN1C(=O)C(=Cc2ccc3c(c2)C2CCCC2N3c2ccc(C=C(c3ccccc3)c3ccccc3)cc2)SC1=S)(OCC)OCC. The molecule has 4 aromatic rings. The molecule has 11 heteroatoms. The molecule has 0 aromatic heterocycles. The van der Waals surface area contributed by atoms with Crippen LogP contribution < -0.4 is 10.2 Å². The predicted octanol–water partition coefficient (Wildman–Crippen LogP) is 8.97. The molecule has 2 fully saturated rings. The number of carbonyl (C=O) groups is 2. The van der Waals surface area contributed by atoms with Crippen LogP contribution in [0.4, 0.5) is 11.4 Å². The van der Waals surface area contributed by atoms with Gasteiger partial charge in [0.15, 0.2) is 0 Å². The summed E-state index contributed by atoms with van der Waals surface area (Å²) < 4.78 is 17.9. The second kappa shape index (κ2) is 17.6. The van der Waals surface area contributed by atoms with Gasteiger partial charge in [-0.25, -0.2) is 0 Å². The highest BCUT2D eigenvalue weighted by atomic mass is 32.2. The van der Waals surface area contributed by atoms with Gasteiger partial charge in [-0.1, -0.05) is 109 Å². The van der Waals surface area contributed by atoms with Gasteiger partial charge in [0.05, 0.1) is 11.1 Å². The van der Waals surface area contributed by atoms with Crippen molar-refractivity contribution in [3.63, 3.8) is 0 Å². The zero-order valence-electron chi connectivity index (χ0n) is 31.5. The maximum atomic E-state index is 13.6. The number of thiocarbonyl (C=S) groups is 1. The molecule has 0 bridgehead atoms. The van der Waals surface area contributed by atoms with Crippen molar-refractivity contribution in [1.29, 1.82) is 0 Å². The van der Waals surface area contributed by atoms with Gasteiger partial charge in [0.1, 0.15) is 10.9 Å². The summed E-state index contributed by atoms with van der Waals surface area (Å²) in [6.45, 7) is 6.62. The van der Waals surface area contributed by atoms with Crippen LogP contribution in [0.25, 0.3) is 17.7 Å². The quantitative estimate of drug-likeness (QED) is 0.0554. The zero-order valence-corrected chi connectivity index (χ0v) is 34.2. The number of thioether (sulfide) groups is 1. The molecule has 1 saturated heterocycles. The molecule has 4 aromatic carbocycles. The molecule has 0 spiro atoms. The van der Waals surface area contributed by atoms with Crippen molar-refractivity contribution in [2.75, 3.05) is 37.4 Å². The smallest absolute Gasteiger partial charge is 0.373 e. The third-order valence-corrected chi connectivity index (χ3v) is 14.4. The molecular weight excluding hydrogens is 743 g/mol. The van der Waals surface area contributed by atoms with Gasteiger partial charge in [-0.2, -0.15) is 0 Å². The first-order chi connectivity index (χ1) is 26.8. The Hall–Kier alpha value is -4.36. The molecule has 8 nitrogen and oxygen atoms in total. The van der Waals surface area contributed by atoms with Gasteiger partial charge in [0, 0.05) is 43.2 Å². The lowest BCUT2D eigenvalue weighted by Crippen LogP contribution is -2.56. The molecule has 0 radical (unpaired) electrons. The highest BCUT2D eigenvalue weighted by Gasteiger charge is 2.43. The fourth-order valence-corrected chi connectivity index (χ4v) is 11.4. The topological polar surface area (TPSA) is 80.3 Å². The Bertz CT molecular complexity index is 2020. The van der Waals surface area contributed by atoms with Crippen molar-refractivity contribution >= 4 is 78.0 Å². The van der Waals surface area contributed by atoms with Crippen LogP contribution >= 0.6 is 24.0 Å². The van der Waals surface area contributed by atoms with E-state index in [0.717, 1.165) is 24.0 Å². The minimum absolute atomic E-state index is 0.116. The predicted molar refractivity (Wildman–Crippen MR) is 229 cm³/mol. The van der Waals surface area contributed by atoms with Crippen molar-refractivity contribution in [1.82, 2.24) is 10.2 Å². The molecule has 3 aliphatic rings. The molecule has 7 rings (SSSR count). The van der Waals surface area contributed by atoms with Crippen molar-refractivity contribution in [2.24, 2.45) is 0 Å². The number of carbonyl (C=O) groups excluding carboxylic acids is 2. The number of amides is 2. The maximum absolute atomic E-state index is 13.6. The maximum Gasteiger partial charge on any atom is 0.521 e. The molecule has 2 aliphatic heterocycles. The fraction of sp³-hybridized carbons (Fsp3) is 0.295. The summed E-state index contributed by atoms with van der Waals surface area (Å²) >= 11 is 6.80. The molecule has 1 N–H and O–H groups in total. The molecule has 284 valence electrons. The van der Waals surface area contributed by atoms with E-state index in [9.17, 15) is 9.59 Å². The van der Waals surface area contributed by atoms with E-state index in [2.05, 4.69) is 119 Å². The first-order valence-corrected chi connectivity index (χ1v) is 22.3. The van der Waals surface area contributed by atoms with E-state index in [1.807, 2.05) is 26.8 Å². The first kappa shape index (κ1) is 38.9. The Balaban J connectivity index is 1.07. The van der Waals surface area contributed by atoms with Crippen LogP contribution in [0.5, 0.6) is 0 Å². The zero-order chi connectivity index (χ0) is 38.4. The number of benzene rings is 4. The molecule has 55 heavy (non-hydrogen) atoms. The molecule has 2 atom stereocenters. The van der Waals surface area contributed by atoms with Crippen molar-refractivity contribution < 1.29 is 22.9 Å². The number of anilines is 2. The lowest BCUT2D eigenvalue weighted by Gasteiger charge is -2.28. The summed E-state index contributed by atoms with van der Waals surface area (Å²) in [5.74, 6) is -0.203. The van der Waals surface area contributed by atoms with Crippen LogP contribution in [0.3, 0.4) is 0 Å². The van der Waals surface area contributed by atoms with Crippen molar-refractivity contribution in [3.05, 3.63) is 136 Å². The second-order valence-electron chi connectivity index (χ2n) is 13.7. The summed E-state index contributed by atoms with van der Waals surface area (Å²) in [7, 11) is -3.08. The normalized spacial score (nSPS) is 18.5.